The highest BCUT2D eigenvalue weighted by Gasteiger charge is 2.07. The number of aromatic nitrogens is 2. The quantitative estimate of drug-likeness (QED) is 0.745. The van der Waals surface area contributed by atoms with Crippen molar-refractivity contribution in [3.8, 4) is 0 Å². The van der Waals surface area contributed by atoms with Crippen LogP contribution in [0.25, 0.3) is 11.0 Å². The van der Waals surface area contributed by atoms with Gasteiger partial charge < -0.3 is 15.2 Å². The molecule has 0 atom stereocenters. The summed E-state index contributed by atoms with van der Waals surface area (Å²) < 4.78 is 2.01. The molecule has 0 bridgehead atoms. The van der Waals surface area contributed by atoms with E-state index in [0.717, 1.165) is 16.9 Å². The van der Waals surface area contributed by atoms with Crippen LogP contribution in [0, 0.1) is 6.92 Å². The molecular weight excluding hydrogens is 300 g/mol. The first kappa shape index (κ1) is 14.4. The third-order valence-electron chi connectivity index (χ3n) is 3.46. The summed E-state index contributed by atoms with van der Waals surface area (Å²) in [6.45, 7) is 1.94. The number of imidazole rings is 1. The van der Waals surface area contributed by atoms with Crippen molar-refractivity contribution in [2.45, 2.75) is 6.92 Å². The van der Waals surface area contributed by atoms with Gasteiger partial charge in [-0.05, 0) is 49.4 Å². The predicted octanol–water partition coefficient (Wildman–Crippen LogP) is 4.18. The molecule has 3 aromatic rings. The molecule has 112 valence electrons. The number of carbonyl (C=O) groups excluding carboxylic acids is 1. The maximum atomic E-state index is 12.0. The van der Waals surface area contributed by atoms with E-state index in [-0.39, 0.29) is 6.03 Å². The van der Waals surface area contributed by atoms with Crippen LogP contribution in [0.2, 0.25) is 5.02 Å². The monoisotopic (exact) mass is 314 g/mol. The molecule has 0 aliphatic heterocycles. The van der Waals surface area contributed by atoms with E-state index in [1.807, 2.05) is 36.7 Å². The minimum Gasteiger partial charge on any atom is -0.331 e. The fourth-order valence-corrected chi connectivity index (χ4v) is 2.35. The van der Waals surface area contributed by atoms with Gasteiger partial charge in [0.1, 0.15) is 5.82 Å². The SMILES string of the molecule is Cc1nc2cc(NC(=O)Nc3ccc(Cl)cc3)ccc2n1C. The number of benzene rings is 2. The minimum absolute atomic E-state index is 0.311. The fraction of sp³-hybridized carbons (Fsp3) is 0.125. The van der Waals surface area contributed by atoms with Crippen LogP contribution in [0.5, 0.6) is 0 Å². The van der Waals surface area contributed by atoms with E-state index in [0.29, 0.717) is 16.4 Å². The molecule has 0 unspecified atom stereocenters. The first-order chi connectivity index (χ1) is 10.5. The molecule has 0 aliphatic carbocycles. The number of urea groups is 1. The van der Waals surface area contributed by atoms with Crippen LogP contribution in [0.1, 0.15) is 5.82 Å². The number of aryl methyl sites for hydroxylation is 2. The van der Waals surface area contributed by atoms with Crippen molar-refractivity contribution in [2.24, 2.45) is 7.05 Å². The number of amides is 2. The zero-order valence-corrected chi connectivity index (χ0v) is 13.0. The van der Waals surface area contributed by atoms with Gasteiger partial charge in [0, 0.05) is 23.4 Å². The molecule has 1 aromatic heterocycles. The third kappa shape index (κ3) is 2.89. The molecule has 2 amide bonds. The van der Waals surface area contributed by atoms with Crippen LogP contribution in [0.3, 0.4) is 0 Å². The summed E-state index contributed by atoms with van der Waals surface area (Å²) in [6, 6.07) is 12.3. The van der Waals surface area contributed by atoms with Gasteiger partial charge in [-0.25, -0.2) is 9.78 Å². The Morgan fingerprint density at radius 3 is 2.45 bits per heavy atom. The van der Waals surface area contributed by atoms with Crippen molar-refractivity contribution < 1.29 is 4.79 Å². The molecule has 2 aromatic carbocycles. The topological polar surface area (TPSA) is 59.0 Å². The molecule has 0 saturated heterocycles. The Hall–Kier alpha value is -2.53. The third-order valence-corrected chi connectivity index (χ3v) is 3.72. The molecular formula is C16H15ClN4O. The van der Waals surface area contributed by atoms with Crippen molar-refractivity contribution in [1.82, 2.24) is 9.55 Å². The van der Waals surface area contributed by atoms with E-state index >= 15 is 0 Å². The second kappa shape index (κ2) is 5.69. The average molecular weight is 315 g/mol. The smallest absolute Gasteiger partial charge is 0.323 e. The van der Waals surface area contributed by atoms with Crippen LogP contribution >= 0.6 is 11.6 Å². The second-order valence-electron chi connectivity index (χ2n) is 5.01. The Kier molecular flexibility index (Phi) is 3.73. The van der Waals surface area contributed by atoms with Gasteiger partial charge in [-0.1, -0.05) is 11.6 Å². The standard InChI is InChI=1S/C16H15ClN4O/c1-10-18-14-9-13(7-8-15(14)21(10)2)20-16(22)19-12-5-3-11(17)4-6-12/h3-9H,1-2H3,(H2,19,20,22). The summed E-state index contributed by atoms with van der Waals surface area (Å²) in [6.07, 6.45) is 0. The zero-order chi connectivity index (χ0) is 15.7. The molecule has 6 heteroatoms. The zero-order valence-electron chi connectivity index (χ0n) is 12.2. The van der Waals surface area contributed by atoms with Gasteiger partial charge in [-0.15, -0.1) is 0 Å². The van der Waals surface area contributed by atoms with Gasteiger partial charge in [0.25, 0.3) is 0 Å². The molecule has 22 heavy (non-hydrogen) atoms. The van der Waals surface area contributed by atoms with E-state index < -0.39 is 0 Å². The number of rotatable bonds is 2. The Bertz CT molecular complexity index is 839. The van der Waals surface area contributed by atoms with E-state index in [4.69, 9.17) is 11.6 Å². The first-order valence-electron chi connectivity index (χ1n) is 6.79. The van der Waals surface area contributed by atoms with Crippen molar-refractivity contribution in [1.29, 1.82) is 0 Å². The lowest BCUT2D eigenvalue weighted by atomic mass is 10.2. The lowest BCUT2D eigenvalue weighted by molar-refractivity contribution is 0.262. The van der Waals surface area contributed by atoms with Gasteiger partial charge in [-0.2, -0.15) is 0 Å². The maximum absolute atomic E-state index is 12.0. The van der Waals surface area contributed by atoms with E-state index in [2.05, 4.69) is 15.6 Å². The number of halogens is 1. The van der Waals surface area contributed by atoms with Crippen molar-refractivity contribution in [2.75, 3.05) is 10.6 Å². The summed E-state index contributed by atoms with van der Waals surface area (Å²) in [5.74, 6) is 0.928. The summed E-state index contributed by atoms with van der Waals surface area (Å²) in [5.41, 5.74) is 3.25. The highest BCUT2D eigenvalue weighted by atomic mass is 35.5. The van der Waals surface area contributed by atoms with E-state index in [1.54, 1.807) is 24.3 Å². The lowest BCUT2D eigenvalue weighted by Gasteiger charge is -2.08. The maximum Gasteiger partial charge on any atom is 0.323 e. The lowest BCUT2D eigenvalue weighted by Crippen LogP contribution is -2.19. The van der Waals surface area contributed by atoms with Gasteiger partial charge in [0.15, 0.2) is 0 Å². The largest absolute Gasteiger partial charge is 0.331 e. The molecule has 2 N–H and O–H groups in total. The average Bonchev–Trinajstić information content (AvgIpc) is 2.76. The molecule has 1 heterocycles. The van der Waals surface area contributed by atoms with Crippen LogP contribution < -0.4 is 10.6 Å². The van der Waals surface area contributed by atoms with E-state index in [9.17, 15) is 4.79 Å². The number of hydrogen-bond acceptors (Lipinski definition) is 2. The number of hydrogen-bond donors (Lipinski definition) is 2. The van der Waals surface area contributed by atoms with Crippen LogP contribution in [0.4, 0.5) is 16.2 Å². The second-order valence-corrected chi connectivity index (χ2v) is 5.44. The Morgan fingerprint density at radius 2 is 1.73 bits per heavy atom. The molecule has 0 spiro atoms. The number of carbonyl (C=O) groups is 1. The van der Waals surface area contributed by atoms with Crippen molar-refractivity contribution in [3.05, 3.63) is 53.3 Å². The van der Waals surface area contributed by atoms with Gasteiger partial charge >= 0.3 is 6.03 Å². The fourth-order valence-electron chi connectivity index (χ4n) is 2.22. The van der Waals surface area contributed by atoms with Crippen molar-refractivity contribution >= 4 is 40.0 Å². The predicted molar refractivity (Wildman–Crippen MR) is 89.5 cm³/mol. The minimum atomic E-state index is -0.311. The number of nitrogens with one attached hydrogen (secondary N) is 2. The number of fused-ring (bicyclic) bond motifs is 1. The molecule has 0 fully saturated rings. The Balaban J connectivity index is 1.74. The van der Waals surface area contributed by atoms with Gasteiger partial charge in [0.05, 0.1) is 11.0 Å². The van der Waals surface area contributed by atoms with Gasteiger partial charge in [-0.3, -0.25) is 0 Å². The number of nitrogens with zero attached hydrogens (tertiary/aromatic N) is 2. The summed E-state index contributed by atoms with van der Waals surface area (Å²) >= 11 is 5.81. The van der Waals surface area contributed by atoms with Crippen molar-refractivity contribution in [3.63, 3.8) is 0 Å². The molecule has 3 rings (SSSR count). The normalized spacial score (nSPS) is 10.7. The summed E-state index contributed by atoms with van der Waals surface area (Å²) in [4.78, 5) is 16.4. The van der Waals surface area contributed by atoms with Gasteiger partial charge in [0.2, 0.25) is 0 Å². The summed E-state index contributed by atoms with van der Waals surface area (Å²) in [5, 5.41) is 6.17. The van der Waals surface area contributed by atoms with Crippen LogP contribution in [0.15, 0.2) is 42.5 Å². The Labute approximate surface area is 132 Å². The molecule has 0 aliphatic rings. The highest BCUT2D eigenvalue weighted by Crippen LogP contribution is 2.20. The first-order valence-corrected chi connectivity index (χ1v) is 7.17. The molecule has 0 saturated carbocycles. The number of anilines is 2. The molecule has 5 nitrogen and oxygen atoms in total. The van der Waals surface area contributed by atoms with E-state index in [1.165, 1.54) is 0 Å². The summed E-state index contributed by atoms with van der Waals surface area (Å²) in [7, 11) is 1.96. The van der Waals surface area contributed by atoms with Crippen LogP contribution in [-0.4, -0.2) is 15.6 Å². The highest BCUT2D eigenvalue weighted by molar-refractivity contribution is 6.30. The Morgan fingerprint density at radius 1 is 1.09 bits per heavy atom. The van der Waals surface area contributed by atoms with Crippen LogP contribution in [-0.2, 0) is 7.05 Å². The molecule has 0 radical (unpaired) electrons.